The molecule has 0 bridgehead atoms. The summed E-state index contributed by atoms with van der Waals surface area (Å²) in [6, 6.07) is 5.57. The Morgan fingerprint density at radius 3 is 2.81 bits per heavy atom. The monoisotopic (exact) mass is 366 g/mol. The molecule has 0 aliphatic heterocycles. The molecule has 3 aromatic rings. The Morgan fingerprint density at radius 2 is 2.10 bits per heavy atom. The minimum Gasteiger partial charge on any atom is -0.497 e. The first-order valence-electron chi connectivity index (χ1n) is 5.90. The summed E-state index contributed by atoms with van der Waals surface area (Å²) in [7, 11) is 1.61. The van der Waals surface area contributed by atoms with E-state index < -0.39 is 0 Å². The van der Waals surface area contributed by atoms with Gasteiger partial charge < -0.3 is 10.5 Å². The average molecular weight is 367 g/mol. The third kappa shape index (κ3) is 2.54. The van der Waals surface area contributed by atoms with Crippen molar-refractivity contribution in [3.63, 3.8) is 0 Å². The van der Waals surface area contributed by atoms with Gasteiger partial charge in [0.1, 0.15) is 5.75 Å². The molecule has 2 aromatic heterocycles. The summed E-state index contributed by atoms with van der Waals surface area (Å²) in [5.74, 6) is 1.88. The van der Waals surface area contributed by atoms with E-state index in [0.717, 1.165) is 15.8 Å². The van der Waals surface area contributed by atoms with E-state index in [1.54, 1.807) is 7.11 Å². The van der Waals surface area contributed by atoms with Gasteiger partial charge in [-0.3, -0.25) is 0 Å². The molecule has 0 aliphatic carbocycles. The molecule has 1 aromatic carbocycles. The van der Waals surface area contributed by atoms with Crippen molar-refractivity contribution >= 4 is 39.4 Å². The number of hydrogen-bond acceptors (Lipinski definition) is 7. The second-order valence-electron chi connectivity index (χ2n) is 4.06. The summed E-state index contributed by atoms with van der Waals surface area (Å²) in [6.45, 7) is 0. The van der Waals surface area contributed by atoms with Gasteiger partial charge in [-0.05, 0) is 24.5 Å². The van der Waals surface area contributed by atoms with Crippen molar-refractivity contribution in [1.29, 1.82) is 0 Å². The third-order valence-corrected chi connectivity index (χ3v) is 4.05. The van der Waals surface area contributed by atoms with Crippen molar-refractivity contribution in [1.82, 2.24) is 24.6 Å². The molecule has 2 heterocycles. The molecule has 7 nitrogen and oxygen atoms in total. The molecular formula is C12H11BrN6OS. The normalized spacial score (nSPS) is 11.0. The second kappa shape index (κ2) is 5.49. The van der Waals surface area contributed by atoms with Gasteiger partial charge in [0.25, 0.3) is 5.78 Å². The van der Waals surface area contributed by atoms with E-state index in [4.69, 9.17) is 10.5 Å². The number of rotatable bonds is 3. The molecule has 0 spiro atoms. The zero-order chi connectivity index (χ0) is 15.0. The van der Waals surface area contributed by atoms with Crippen molar-refractivity contribution in [2.45, 2.75) is 5.16 Å². The molecular weight excluding hydrogens is 356 g/mol. The summed E-state index contributed by atoms with van der Waals surface area (Å²) < 4.78 is 7.50. The van der Waals surface area contributed by atoms with Gasteiger partial charge in [-0.2, -0.15) is 19.5 Å². The van der Waals surface area contributed by atoms with E-state index in [2.05, 4.69) is 36.0 Å². The lowest BCUT2D eigenvalue weighted by atomic mass is 10.2. The van der Waals surface area contributed by atoms with E-state index in [1.165, 1.54) is 16.3 Å². The standard InChI is InChI=1S/C12H11BrN6OS/c1-20-6-3-4-8(13)7(5-6)9-15-11-17-12(21-2)16-10(14)19(11)18-9/h3-5H,1-2H3,(H2,14,15,16,17,18). The minimum absolute atomic E-state index is 0.252. The molecule has 108 valence electrons. The Balaban J connectivity index is 2.19. The van der Waals surface area contributed by atoms with Gasteiger partial charge in [0, 0.05) is 10.0 Å². The zero-order valence-electron chi connectivity index (χ0n) is 11.2. The summed E-state index contributed by atoms with van der Waals surface area (Å²) in [5, 5.41) is 4.91. The molecule has 21 heavy (non-hydrogen) atoms. The van der Waals surface area contributed by atoms with E-state index in [-0.39, 0.29) is 5.95 Å². The number of methoxy groups -OCH3 is 1. The van der Waals surface area contributed by atoms with Crippen LogP contribution in [-0.4, -0.2) is 37.9 Å². The van der Waals surface area contributed by atoms with Crippen LogP contribution < -0.4 is 10.5 Å². The van der Waals surface area contributed by atoms with Gasteiger partial charge in [-0.25, -0.2) is 0 Å². The van der Waals surface area contributed by atoms with Crippen LogP contribution in [0.3, 0.4) is 0 Å². The topological polar surface area (TPSA) is 91.2 Å². The highest BCUT2D eigenvalue weighted by Crippen LogP contribution is 2.30. The van der Waals surface area contributed by atoms with Crippen LogP contribution in [0.1, 0.15) is 0 Å². The van der Waals surface area contributed by atoms with E-state index in [0.29, 0.717) is 16.8 Å². The van der Waals surface area contributed by atoms with Crippen molar-refractivity contribution in [2.24, 2.45) is 0 Å². The number of nitrogens with two attached hydrogens (primary N) is 1. The summed E-state index contributed by atoms with van der Waals surface area (Å²) in [5.41, 5.74) is 6.67. The van der Waals surface area contributed by atoms with Gasteiger partial charge in [-0.1, -0.05) is 27.7 Å². The third-order valence-electron chi connectivity index (χ3n) is 2.81. The number of hydrogen-bond donors (Lipinski definition) is 1. The van der Waals surface area contributed by atoms with Crippen LogP contribution in [0.2, 0.25) is 0 Å². The van der Waals surface area contributed by atoms with Crippen molar-refractivity contribution in [3.8, 4) is 17.1 Å². The Morgan fingerprint density at radius 1 is 1.29 bits per heavy atom. The number of thioether (sulfide) groups is 1. The van der Waals surface area contributed by atoms with Gasteiger partial charge >= 0.3 is 0 Å². The second-order valence-corrected chi connectivity index (χ2v) is 5.69. The number of benzene rings is 1. The predicted octanol–water partition coefficient (Wildman–Crippen LogP) is 2.26. The maximum Gasteiger partial charge on any atom is 0.258 e. The van der Waals surface area contributed by atoms with Crippen LogP contribution >= 0.6 is 27.7 Å². The fourth-order valence-corrected chi connectivity index (χ4v) is 2.58. The number of aromatic nitrogens is 5. The van der Waals surface area contributed by atoms with Crippen molar-refractivity contribution in [2.75, 3.05) is 19.1 Å². The lowest BCUT2D eigenvalue weighted by molar-refractivity contribution is 0.415. The predicted molar refractivity (Wildman–Crippen MR) is 84.5 cm³/mol. The van der Waals surface area contributed by atoms with Crippen LogP contribution in [0.5, 0.6) is 5.75 Å². The molecule has 0 fully saturated rings. The minimum atomic E-state index is 0.252. The highest BCUT2D eigenvalue weighted by atomic mass is 79.9. The Bertz CT molecular complexity index is 821. The van der Waals surface area contributed by atoms with Crippen LogP contribution in [-0.2, 0) is 0 Å². The fourth-order valence-electron chi connectivity index (χ4n) is 1.79. The van der Waals surface area contributed by atoms with Gasteiger partial charge in [0.2, 0.25) is 5.95 Å². The van der Waals surface area contributed by atoms with Crippen LogP contribution in [0.15, 0.2) is 27.8 Å². The van der Waals surface area contributed by atoms with Crippen LogP contribution in [0, 0.1) is 0 Å². The molecule has 3 rings (SSSR count). The highest BCUT2D eigenvalue weighted by Gasteiger charge is 2.14. The SMILES string of the molecule is COc1ccc(Br)c(-c2nc3nc(SC)nc(N)n3n2)c1. The quantitative estimate of drug-likeness (QED) is 0.710. The lowest BCUT2D eigenvalue weighted by Gasteiger charge is -2.03. The average Bonchev–Trinajstić information content (AvgIpc) is 2.92. The van der Waals surface area contributed by atoms with Crippen molar-refractivity contribution in [3.05, 3.63) is 22.7 Å². The highest BCUT2D eigenvalue weighted by molar-refractivity contribution is 9.10. The maximum absolute atomic E-state index is 5.88. The first-order valence-corrected chi connectivity index (χ1v) is 7.92. The number of fused-ring (bicyclic) bond motifs is 1. The largest absolute Gasteiger partial charge is 0.497 e. The summed E-state index contributed by atoms with van der Waals surface area (Å²) >= 11 is 4.88. The Hall–Kier alpha value is -1.87. The van der Waals surface area contributed by atoms with E-state index in [1.807, 2.05) is 24.5 Å². The van der Waals surface area contributed by atoms with Gasteiger partial charge in [0.15, 0.2) is 11.0 Å². The molecule has 0 unspecified atom stereocenters. The number of halogens is 1. The zero-order valence-corrected chi connectivity index (χ0v) is 13.6. The molecule has 0 aliphatic rings. The molecule has 9 heteroatoms. The van der Waals surface area contributed by atoms with Crippen LogP contribution in [0.4, 0.5) is 5.95 Å². The van der Waals surface area contributed by atoms with Gasteiger partial charge in [-0.15, -0.1) is 5.10 Å². The Kier molecular flexibility index (Phi) is 3.68. The number of nitrogen functional groups attached to an aromatic ring is 1. The first-order chi connectivity index (χ1) is 10.1. The first kappa shape index (κ1) is 14.1. The lowest BCUT2D eigenvalue weighted by Crippen LogP contribution is -2.04. The van der Waals surface area contributed by atoms with Crippen molar-refractivity contribution < 1.29 is 4.74 Å². The number of ether oxygens (including phenoxy) is 1. The summed E-state index contributed by atoms with van der Waals surface area (Å²) in [6.07, 6.45) is 1.88. The smallest absolute Gasteiger partial charge is 0.258 e. The Labute approximate surface area is 133 Å². The molecule has 0 radical (unpaired) electrons. The fraction of sp³-hybridized carbons (Fsp3) is 0.167. The van der Waals surface area contributed by atoms with Crippen LogP contribution in [0.25, 0.3) is 17.2 Å². The van der Waals surface area contributed by atoms with E-state index in [9.17, 15) is 0 Å². The summed E-state index contributed by atoms with van der Waals surface area (Å²) in [4.78, 5) is 12.8. The van der Waals surface area contributed by atoms with Gasteiger partial charge in [0.05, 0.1) is 7.11 Å². The molecule has 0 amide bonds. The molecule has 0 saturated carbocycles. The number of anilines is 1. The molecule has 0 saturated heterocycles. The number of nitrogens with zero attached hydrogens (tertiary/aromatic N) is 5. The molecule has 2 N–H and O–H groups in total. The molecule has 0 atom stereocenters. The van der Waals surface area contributed by atoms with E-state index >= 15 is 0 Å². The maximum atomic E-state index is 5.88.